The van der Waals surface area contributed by atoms with E-state index in [2.05, 4.69) is 16.5 Å². The molecular weight excluding hydrogens is 304 g/mol. The third-order valence-electron chi connectivity index (χ3n) is 5.49. The summed E-state index contributed by atoms with van der Waals surface area (Å²) in [6.07, 6.45) is 7.36. The first kappa shape index (κ1) is 15.4. The van der Waals surface area contributed by atoms with Gasteiger partial charge in [-0.15, -0.1) is 0 Å². The molecule has 1 fully saturated rings. The Hall–Kier alpha value is -2.11. The normalized spacial score (nSPS) is 28.2. The summed E-state index contributed by atoms with van der Waals surface area (Å²) in [5.41, 5.74) is 0.808. The van der Waals surface area contributed by atoms with Crippen molar-refractivity contribution in [3.05, 3.63) is 29.9 Å². The molecule has 1 saturated carbocycles. The van der Waals surface area contributed by atoms with Gasteiger partial charge in [-0.25, -0.2) is 4.98 Å². The van der Waals surface area contributed by atoms with Crippen LogP contribution in [0.2, 0.25) is 0 Å². The molecule has 1 aromatic heterocycles. The number of aromatic nitrogens is 2. The second-order valence-corrected chi connectivity index (χ2v) is 7.26. The molecule has 4 rings (SSSR count). The molecule has 0 bridgehead atoms. The number of hydrogen-bond acceptors (Lipinski definition) is 3. The molecule has 0 radical (unpaired) electrons. The zero-order valence-corrected chi connectivity index (χ0v) is 14.3. The van der Waals surface area contributed by atoms with Crippen LogP contribution in [0.4, 0.5) is 0 Å². The minimum Gasteiger partial charge on any atom is -0.335 e. The third kappa shape index (κ3) is 2.64. The minimum absolute atomic E-state index is 0.0173. The van der Waals surface area contributed by atoms with E-state index in [1.165, 1.54) is 0 Å². The quantitative estimate of drug-likeness (QED) is 0.788. The maximum atomic E-state index is 12.6. The molecular formula is C18H24N4O2. The van der Waals surface area contributed by atoms with Gasteiger partial charge in [0.1, 0.15) is 5.82 Å². The van der Waals surface area contributed by atoms with Gasteiger partial charge in [-0.05, 0) is 19.3 Å². The summed E-state index contributed by atoms with van der Waals surface area (Å²) in [5, 5.41) is 0. The number of amides is 2. The van der Waals surface area contributed by atoms with Crippen molar-refractivity contribution in [1.82, 2.24) is 19.4 Å². The Morgan fingerprint density at radius 1 is 1.21 bits per heavy atom. The molecule has 6 heteroatoms. The summed E-state index contributed by atoms with van der Waals surface area (Å²) in [6.45, 7) is 7.07. The summed E-state index contributed by atoms with van der Waals surface area (Å²) in [6, 6.07) is -0.0173. The molecule has 1 aliphatic carbocycles. The zero-order chi connectivity index (χ0) is 16.8. The van der Waals surface area contributed by atoms with Crippen molar-refractivity contribution in [3.8, 4) is 0 Å². The first-order valence-electron chi connectivity index (χ1n) is 8.84. The Balaban J connectivity index is 1.46. The van der Waals surface area contributed by atoms with Crippen molar-refractivity contribution < 1.29 is 9.59 Å². The van der Waals surface area contributed by atoms with E-state index in [-0.39, 0.29) is 23.8 Å². The van der Waals surface area contributed by atoms with Crippen LogP contribution in [-0.4, -0.2) is 50.8 Å². The maximum Gasteiger partial charge on any atom is 0.229 e. The highest BCUT2D eigenvalue weighted by molar-refractivity contribution is 5.82. The van der Waals surface area contributed by atoms with Gasteiger partial charge < -0.3 is 14.4 Å². The lowest BCUT2D eigenvalue weighted by Gasteiger charge is -2.34. The largest absolute Gasteiger partial charge is 0.335 e. The number of nitrogens with zero attached hydrogens (tertiary/aromatic N) is 4. The van der Waals surface area contributed by atoms with E-state index in [9.17, 15) is 9.59 Å². The lowest BCUT2D eigenvalue weighted by molar-refractivity contribution is -0.136. The van der Waals surface area contributed by atoms with Crippen LogP contribution in [0.25, 0.3) is 0 Å². The maximum absolute atomic E-state index is 12.6. The van der Waals surface area contributed by atoms with Gasteiger partial charge >= 0.3 is 0 Å². The molecule has 0 spiro atoms. The zero-order valence-electron chi connectivity index (χ0n) is 14.3. The van der Waals surface area contributed by atoms with Crippen LogP contribution in [0.1, 0.15) is 37.8 Å². The summed E-state index contributed by atoms with van der Waals surface area (Å²) in [5.74, 6) is 2.02. The van der Waals surface area contributed by atoms with Crippen LogP contribution in [-0.2, 0) is 22.6 Å². The van der Waals surface area contributed by atoms with Crippen molar-refractivity contribution in [3.63, 3.8) is 0 Å². The fourth-order valence-corrected chi connectivity index (χ4v) is 3.76. The molecule has 2 amide bonds. The molecule has 3 aliphatic rings. The van der Waals surface area contributed by atoms with E-state index in [0.29, 0.717) is 25.4 Å². The van der Waals surface area contributed by atoms with E-state index < -0.39 is 0 Å². The average Bonchev–Trinajstić information content (AvgIpc) is 2.96. The number of fused-ring (bicyclic) bond motifs is 1. The number of carbonyl (C=O) groups is 2. The fourth-order valence-electron chi connectivity index (χ4n) is 3.76. The average molecular weight is 328 g/mol. The molecule has 2 aliphatic heterocycles. The topological polar surface area (TPSA) is 58.4 Å². The number of hydrogen-bond donors (Lipinski definition) is 0. The smallest absolute Gasteiger partial charge is 0.229 e. The van der Waals surface area contributed by atoms with Gasteiger partial charge in [-0.2, -0.15) is 0 Å². The van der Waals surface area contributed by atoms with Gasteiger partial charge in [-0.3, -0.25) is 9.59 Å². The highest BCUT2D eigenvalue weighted by atomic mass is 16.2. The van der Waals surface area contributed by atoms with Gasteiger partial charge in [0.15, 0.2) is 0 Å². The van der Waals surface area contributed by atoms with Crippen molar-refractivity contribution in [1.29, 1.82) is 0 Å². The molecule has 0 N–H and O–H groups in total. The monoisotopic (exact) mass is 328 g/mol. The first-order valence-corrected chi connectivity index (χ1v) is 8.84. The van der Waals surface area contributed by atoms with Crippen LogP contribution in [0, 0.1) is 11.8 Å². The van der Waals surface area contributed by atoms with E-state index in [1.807, 2.05) is 35.1 Å². The minimum atomic E-state index is -0.0173. The van der Waals surface area contributed by atoms with Crippen LogP contribution in [0.3, 0.4) is 0 Å². The molecule has 1 aromatic rings. The van der Waals surface area contributed by atoms with Crippen molar-refractivity contribution in [2.45, 2.75) is 39.3 Å². The second-order valence-electron chi connectivity index (χ2n) is 7.26. The Bertz CT molecular complexity index is 700. The van der Waals surface area contributed by atoms with Crippen LogP contribution in [0.15, 0.2) is 18.3 Å². The summed E-state index contributed by atoms with van der Waals surface area (Å²) < 4.78 is 2.11. The molecule has 0 unspecified atom stereocenters. The Kier molecular flexibility index (Phi) is 3.70. The van der Waals surface area contributed by atoms with E-state index in [0.717, 1.165) is 31.0 Å². The molecule has 24 heavy (non-hydrogen) atoms. The van der Waals surface area contributed by atoms with Gasteiger partial charge in [0.2, 0.25) is 11.8 Å². The fraction of sp³-hybridized carbons (Fsp3) is 0.611. The lowest BCUT2D eigenvalue weighted by Crippen LogP contribution is -2.42. The van der Waals surface area contributed by atoms with Gasteiger partial charge in [0.25, 0.3) is 0 Å². The number of imidazole rings is 1. The molecule has 128 valence electrons. The van der Waals surface area contributed by atoms with E-state index >= 15 is 0 Å². The van der Waals surface area contributed by atoms with Crippen LogP contribution < -0.4 is 0 Å². The number of carbonyl (C=O) groups excluding carboxylic acids is 2. The molecule has 0 aromatic carbocycles. The van der Waals surface area contributed by atoms with Crippen LogP contribution >= 0.6 is 0 Å². The summed E-state index contributed by atoms with van der Waals surface area (Å²) >= 11 is 0. The van der Waals surface area contributed by atoms with Gasteiger partial charge in [-0.1, -0.05) is 19.1 Å². The summed E-state index contributed by atoms with van der Waals surface area (Å²) in [4.78, 5) is 33.3. The molecule has 6 nitrogen and oxygen atoms in total. The predicted octanol–water partition coefficient (Wildman–Crippen LogP) is 1.38. The van der Waals surface area contributed by atoms with Crippen LogP contribution in [0.5, 0.6) is 0 Å². The predicted molar refractivity (Wildman–Crippen MR) is 89.1 cm³/mol. The van der Waals surface area contributed by atoms with Gasteiger partial charge in [0, 0.05) is 38.3 Å². The Morgan fingerprint density at radius 3 is 2.58 bits per heavy atom. The summed E-state index contributed by atoms with van der Waals surface area (Å²) in [7, 11) is 0. The lowest BCUT2D eigenvalue weighted by atomic mass is 10.1. The standard InChI is InChI=1S/C18H24N4O2/c1-12-9-15(12)18(24)22-8-7-21-11-14(19-17(21)13(22)2)10-16(23)20-5-3-4-6-20/h3-4,11-13,15H,5-10H2,1-2H3/t12-,13+,15-/m1/s1. The molecule has 3 heterocycles. The van der Waals surface area contributed by atoms with Gasteiger partial charge in [0.05, 0.1) is 18.2 Å². The van der Waals surface area contributed by atoms with Crippen molar-refractivity contribution in [2.24, 2.45) is 11.8 Å². The highest BCUT2D eigenvalue weighted by Crippen LogP contribution is 2.41. The van der Waals surface area contributed by atoms with E-state index in [4.69, 9.17) is 0 Å². The second kappa shape index (κ2) is 5.76. The first-order chi connectivity index (χ1) is 11.5. The molecule has 0 saturated heterocycles. The number of rotatable bonds is 3. The third-order valence-corrected chi connectivity index (χ3v) is 5.49. The van der Waals surface area contributed by atoms with Crippen molar-refractivity contribution in [2.75, 3.05) is 19.6 Å². The molecule has 3 atom stereocenters. The highest BCUT2D eigenvalue weighted by Gasteiger charge is 2.44. The van der Waals surface area contributed by atoms with E-state index in [1.54, 1.807) is 0 Å². The SMILES string of the molecule is C[C@@H]1C[C@H]1C(=O)N1CCn2cc(CC(=O)N3CC=CC3)nc2[C@@H]1C. The van der Waals surface area contributed by atoms with Crippen molar-refractivity contribution >= 4 is 11.8 Å². The Labute approximate surface area is 142 Å². The Morgan fingerprint density at radius 2 is 1.92 bits per heavy atom.